The topological polar surface area (TPSA) is 98.7 Å². The highest BCUT2D eigenvalue weighted by atomic mass is 16.2. The normalized spacial score (nSPS) is 12.2. The van der Waals surface area contributed by atoms with Crippen molar-refractivity contribution in [3.63, 3.8) is 0 Å². The van der Waals surface area contributed by atoms with Crippen LogP contribution in [-0.2, 0) is 4.79 Å². The van der Waals surface area contributed by atoms with Crippen LogP contribution < -0.4 is 11.1 Å². The van der Waals surface area contributed by atoms with Gasteiger partial charge in [0.25, 0.3) is 0 Å². The van der Waals surface area contributed by atoms with E-state index in [1.165, 1.54) is 6.33 Å². The molecule has 1 aromatic carbocycles. The highest BCUT2D eigenvalue weighted by Gasteiger charge is 2.09. The summed E-state index contributed by atoms with van der Waals surface area (Å²) in [5.41, 5.74) is 8.00. The Bertz CT molecular complexity index is 549. The Kier molecular flexibility index (Phi) is 3.33. The molecule has 1 heterocycles. The maximum Gasteiger partial charge on any atom is 0.240 e. The summed E-state index contributed by atoms with van der Waals surface area (Å²) in [5.74, 6) is -0.218. The summed E-state index contributed by atoms with van der Waals surface area (Å²) < 4.78 is 1.56. The number of aryl methyl sites for hydroxylation is 1. The minimum absolute atomic E-state index is 0.218. The standard InChI is InChI=1S/C11H14N6O/c1-7-5-9(14-11(18)8(2)12)3-4-10(7)17-6-13-15-16-17/h3-6,8H,12H2,1-2H3,(H,14,18)/t8-/m1/s1. The van der Waals surface area contributed by atoms with Gasteiger partial charge in [0.15, 0.2) is 0 Å². The molecule has 0 radical (unpaired) electrons. The van der Waals surface area contributed by atoms with E-state index in [4.69, 9.17) is 5.73 Å². The molecule has 7 nitrogen and oxygen atoms in total. The number of rotatable bonds is 3. The van der Waals surface area contributed by atoms with Crippen LogP contribution in [-0.4, -0.2) is 32.2 Å². The van der Waals surface area contributed by atoms with Crippen LogP contribution in [0.2, 0.25) is 0 Å². The summed E-state index contributed by atoms with van der Waals surface area (Å²) in [6.45, 7) is 3.55. The number of carbonyl (C=O) groups excluding carboxylic acids is 1. The molecular formula is C11H14N6O. The second-order valence-electron chi connectivity index (χ2n) is 4.03. The summed E-state index contributed by atoms with van der Waals surface area (Å²) in [6.07, 6.45) is 1.52. The number of amides is 1. The fraction of sp³-hybridized carbons (Fsp3) is 0.273. The van der Waals surface area contributed by atoms with Gasteiger partial charge < -0.3 is 11.1 Å². The molecule has 1 amide bonds. The Hall–Kier alpha value is -2.28. The molecular weight excluding hydrogens is 232 g/mol. The van der Waals surface area contributed by atoms with Crippen LogP contribution in [0.4, 0.5) is 5.69 Å². The van der Waals surface area contributed by atoms with Crippen molar-refractivity contribution in [2.45, 2.75) is 19.9 Å². The van der Waals surface area contributed by atoms with Gasteiger partial charge in [-0.05, 0) is 48.0 Å². The second-order valence-corrected chi connectivity index (χ2v) is 4.03. The van der Waals surface area contributed by atoms with E-state index in [0.717, 1.165) is 11.3 Å². The van der Waals surface area contributed by atoms with Gasteiger partial charge in [-0.2, -0.15) is 0 Å². The molecule has 1 aromatic heterocycles. The number of hydrogen-bond donors (Lipinski definition) is 2. The first-order valence-corrected chi connectivity index (χ1v) is 5.48. The SMILES string of the molecule is Cc1cc(NC(=O)[C@@H](C)N)ccc1-n1cnnn1. The Labute approximate surface area is 104 Å². The third-order valence-corrected chi connectivity index (χ3v) is 2.47. The van der Waals surface area contributed by atoms with E-state index in [2.05, 4.69) is 20.8 Å². The van der Waals surface area contributed by atoms with Gasteiger partial charge in [0.2, 0.25) is 5.91 Å². The summed E-state index contributed by atoms with van der Waals surface area (Å²) in [4.78, 5) is 11.5. The van der Waals surface area contributed by atoms with Crippen LogP contribution >= 0.6 is 0 Å². The molecule has 2 rings (SSSR count). The molecule has 0 fully saturated rings. The molecule has 3 N–H and O–H groups in total. The van der Waals surface area contributed by atoms with Gasteiger partial charge in [-0.3, -0.25) is 4.79 Å². The zero-order chi connectivity index (χ0) is 13.1. The van der Waals surface area contributed by atoms with E-state index in [-0.39, 0.29) is 5.91 Å². The summed E-state index contributed by atoms with van der Waals surface area (Å²) in [5, 5.41) is 13.7. The Morgan fingerprint density at radius 2 is 2.28 bits per heavy atom. The molecule has 0 aliphatic heterocycles. The van der Waals surface area contributed by atoms with Gasteiger partial charge >= 0.3 is 0 Å². The van der Waals surface area contributed by atoms with Gasteiger partial charge in [-0.1, -0.05) is 0 Å². The van der Waals surface area contributed by atoms with Gasteiger partial charge in [0.05, 0.1) is 11.7 Å². The Balaban J connectivity index is 2.23. The highest BCUT2D eigenvalue weighted by Crippen LogP contribution is 2.17. The third kappa shape index (κ3) is 2.51. The molecule has 0 unspecified atom stereocenters. The molecule has 2 aromatic rings. The third-order valence-electron chi connectivity index (χ3n) is 2.47. The Morgan fingerprint density at radius 1 is 1.50 bits per heavy atom. The van der Waals surface area contributed by atoms with Crippen LogP contribution in [0.1, 0.15) is 12.5 Å². The molecule has 1 atom stereocenters. The number of carbonyl (C=O) groups is 1. The van der Waals surface area contributed by atoms with E-state index in [0.29, 0.717) is 5.69 Å². The number of hydrogen-bond acceptors (Lipinski definition) is 5. The molecule has 0 saturated heterocycles. The van der Waals surface area contributed by atoms with Crippen molar-refractivity contribution >= 4 is 11.6 Å². The van der Waals surface area contributed by atoms with Gasteiger partial charge in [0.1, 0.15) is 6.33 Å². The molecule has 0 aliphatic rings. The quantitative estimate of drug-likeness (QED) is 0.809. The number of nitrogens with one attached hydrogen (secondary N) is 1. The lowest BCUT2D eigenvalue weighted by molar-refractivity contribution is -0.117. The average molecular weight is 246 g/mol. The van der Waals surface area contributed by atoms with Crippen LogP contribution in [0.3, 0.4) is 0 Å². The minimum Gasteiger partial charge on any atom is -0.325 e. The Morgan fingerprint density at radius 3 is 2.83 bits per heavy atom. The molecule has 0 aliphatic carbocycles. The van der Waals surface area contributed by atoms with E-state index >= 15 is 0 Å². The van der Waals surface area contributed by atoms with E-state index in [9.17, 15) is 4.79 Å². The minimum atomic E-state index is -0.538. The van der Waals surface area contributed by atoms with E-state index in [1.54, 1.807) is 17.7 Å². The highest BCUT2D eigenvalue weighted by molar-refractivity contribution is 5.94. The monoisotopic (exact) mass is 246 g/mol. The summed E-state index contributed by atoms with van der Waals surface area (Å²) >= 11 is 0. The first-order valence-electron chi connectivity index (χ1n) is 5.48. The van der Waals surface area contributed by atoms with Crippen LogP contribution in [0.15, 0.2) is 24.5 Å². The van der Waals surface area contributed by atoms with Crippen molar-refractivity contribution in [2.24, 2.45) is 5.73 Å². The van der Waals surface area contributed by atoms with E-state index in [1.807, 2.05) is 19.1 Å². The number of nitrogens with two attached hydrogens (primary N) is 1. The van der Waals surface area contributed by atoms with Gasteiger partial charge in [0, 0.05) is 5.69 Å². The number of aromatic nitrogens is 4. The second kappa shape index (κ2) is 4.92. The molecule has 0 spiro atoms. The fourth-order valence-electron chi connectivity index (χ4n) is 1.52. The average Bonchev–Trinajstić information content (AvgIpc) is 2.82. The molecule has 0 bridgehead atoms. The van der Waals surface area contributed by atoms with Crippen molar-refractivity contribution < 1.29 is 4.79 Å². The largest absolute Gasteiger partial charge is 0.325 e. The van der Waals surface area contributed by atoms with Crippen LogP contribution in [0, 0.1) is 6.92 Å². The summed E-state index contributed by atoms with van der Waals surface area (Å²) in [7, 11) is 0. The molecule has 94 valence electrons. The predicted molar refractivity (Wildman–Crippen MR) is 66.2 cm³/mol. The lowest BCUT2D eigenvalue weighted by Gasteiger charge is -2.10. The first kappa shape index (κ1) is 12.2. The van der Waals surface area contributed by atoms with Crippen LogP contribution in [0.5, 0.6) is 0 Å². The maximum absolute atomic E-state index is 11.5. The smallest absolute Gasteiger partial charge is 0.240 e. The zero-order valence-electron chi connectivity index (χ0n) is 10.2. The van der Waals surface area contributed by atoms with Crippen molar-refractivity contribution in [1.29, 1.82) is 0 Å². The molecule has 18 heavy (non-hydrogen) atoms. The van der Waals surface area contributed by atoms with Gasteiger partial charge in [-0.15, -0.1) is 5.10 Å². The van der Waals surface area contributed by atoms with Crippen LogP contribution in [0.25, 0.3) is 5.69 Å². The fourth-order valence-corrected chi connectivity index (χ4v) is 1.52. The van der Waals surface area contributed by atoms with Crippen molar-refractivity contribution in [3.05, 3.63) is 30.1 Å². The maximum atomic E-state index is 11.5. The molecule has 0 saturated carbocycles. The lowest BCUT2D eigenvalue weighted by atomic mass is 10.1. The zero-order valence-corrected chi connectivity index (χ0v) is 10.2. The van der Waals surface area contributed by atoms with Gasteiger partial charge in [-0.25, -0.2) is 4.68 Å². The lowest BCUT2D eigenvalue weighted by Crippen LogP contribution is -2.32. The summed E-state index contributed by atoms with van der Waals surface area (Å²) in [6, 6.07) is 4.92. The van der Waals surface area contributed by atoms with Crippen molar-refractivity contribution in [1.82, 2.24) is 20.2 Å². The van der Waals surface area contributed by atoms with Crippen molar-refractivity contribution in [3.8, 4) is 5.69 Å². The predicted octanol–water partition coefficient (Wildman–Crippen LogP) is 0.256. The van der Waals surface area contributed by atoms with Crippen molar-refractivity contribution in [2.75, 3.05) is 5.32 Å². The van der Waals surface area contributed by atoms with E-state index < -0.39 is 6.04 Å². The number of nitrogens with zero attached hydrogens (tertiary/aromatic N) is 4. The number of anilines is 1. The number of benzene rings is 1. The molecule has 7 heteroatoms. The first-order chi connectivity index (χ1) is 8.58. The number of tetrazole rings is 1.